The Morgan fingerprint density at radius 2 is 0.711 bits per heavy atom. The minimum absolute atomic E-state index is 0.00772. The number of allylic oxidation sites excluding steroid dienone is 4. The first-order valence-corrected chi connectivity index (χ1v) is 47.0. The highest BCUT2D eigenvalue weighted by Gasteiger charge is 2.60. The highest BCUT2D eigenvalue weighted by atomic mass is 31.2. The lowest BCUT2D eigenvalue weighted by atomic mass is 9.84. The number of hydrogen-bond acceptors (Lipinski definition) is 24. The first kappa shape index (κ1) is 105. The van der Waals surface area contributed by atoms with Gasteiger partial charge in [-0.1, -0.05) is 296 Å². The van der Waals surface area contributed by atoms with Crippen molar-refractivity contribution in [3.05, 3.63) is 24.3 Å². The Labute approximate surface area is 685 Å². The van der Waals surface area contributed by atoms with Crippen LogP contribution >= 0.6 is 7.82 Å². The Bertz CT molecular complexity index is 2490. The van der Waals surface area contributed by atoms with Crippen LogP contribution in [-0.2, 0) is 70.7 Å². The minimum Gasteiger partial charge on any atom is -0.463 e. The van der Waals surface area contributed by atoms with Crippen molar-refractivity contribution in [3.8, 4) is 0 Å². The van der Waals surface area contributed by atoms with Crippen LogP contribution in [0.3, 0.4) is 0 Å². The molecule has 3 fully saturated rings. The van der Waals surface area contributed by atoms with Crippen LogP contribution < -0.4 is 0 Å². The standard InChI is InChI=1S/C88H161O25P/c1-6-10-14-18-22-25-28-31-34-37-40-47-53-59-71(90)104-64-68(107-73(92)61-55-50-44-43-46-52-58-67(5)57-51-45-21-17-13-9-4)65-106-114(102,103)113-86-84(111-87-81(100)77(96)75(94)69(63-89)108-87)80(99)79(98)83(110-74(93)62-56-49-42-39-36-33-30-27-24-20-16-12-8-3)85(86)112-88-82(101)78(97)76(95)70(109-88)66-105-72(91)60-54-48-41-38-35-32-29-26-23-19-15-11-7-2/h32-33,35-36,67-70,75-89,94-101H,6-31,34,37-66H2,1-5H3,(H,102,103)/b35-32-,36-33-. The SMILES string of the molecule is CCCCCCCC/C=C\CCCCCC(=O)OCC1OC(OC2C(OC(=O)CCCCC/C=C\CCCCCCCC)C(O)C(O)C(OC3OC(CO)C(O)C(O)C3O)C2OP(=O)(O)OCC(COC(=O)CCCCCCCCCCCCCCC)OC(=O)CCCCCCCCC(C)CCCCCCCC)C(O)C(O)C1O. The predicted molar refractivity (Wildman–Crippen MR) is 439 cm³/mol. The highest BCUT2D eigenvalue weighted by molar-refractivity contribution is 7.47. The number of phosphoric ester groups is 1. The van der Waals surface area contributed by atoms with Gasteiger partial charge in [0.2, 0.25) is 0 Å². The number of rotatable bonds is 72. The van der Waals surface area contributed by atoms with E-state index in [1.54, 1.807) is 0 Å². The molecule has 19 unspecified atom stereocenters. The van der Waals surface area contributed by atoms with E-state index in [2.05, 4.69) is 58.9 Å². The van der Waals surface area contributed by atoms with Crippen molar-refractivity contribution in [3.63, 3.8) is 0 Å². The lowest BCUT2D eigenvalue weighted by Crippen LogP contribution is -2.70. The van der Waals surface area contributed by atoms with Gasteiger partial charge in [0.15, 0.2) is 24.8 Å². The minimum atomic E-state index is -5.81. The number of carbonyl (C=O) groups excluding carboxylic acids is 4. The third-order valence-electron chi connectivity index (χ3n) is 22.3. The lowest BCUT2D eigenvalue weighted by molar-refractivity contribution is -0.360. The molecule has 3 rings (SSSR count). The van der Waals surface area contributed by atoms with Gasteiger partial charge in [-0.05, 0) is 83.0 Å². The summed E-state index contributed by atoms with van der Waals surface area (Å²) >= 11 is 0. The molecule has 10 N–H and O–H groups in total. The van der Waals surface area contributed by atoms with Crippen LogP contribution in [0.5, 0.6) is 0 Å². The molecule has 0 radical (unpaired) electrons. The second kappa shape index (κ2) is 66.6. The van der Waals surface area contributed by atoms with Crippen molar-refractivity contribution >= 4 is 31.7 Å². The van der Waals surface area contributed by atoms with E-state index in [0.717, 1.165) is 116 Å². The van der Waals surface area contributed by atoms with Crippen molar-refractivity contribution in [1.82, 2.24) is 0 Å². The molecule has 0 amide bonds. The molecule has 0 aromatic rings. The second-order valence-electron chi connectivity index (χ2n) is 32.7. The molecule has 0 aromatic carbocycles. The molecule has 26 heteroatoms. The van der Waals surface area contributed by atoms with Gasteiger partial charge in [0, 0.05) is 25.7 Å². The monoisotopic (exact) mass is 1650 g/mol. The molecule has 19 atom stereocenters. The fourth-order valence-corrected chi connectivity index (χ4v) is 15.9. The zero-order valence-electron chi connectivity index (χ0n) is 71.0. The fraction of sp³-hybridized carbons (Fsp3) is 0.909. The van der Waals surface area contributed by atoms with Gasteiger partial charge in [0.25, 0.3) is 0 Å². The van der Waals surface area contributed by atoms with E-state index in [-0.39, 0.29) is 32.1 Å². The van der Waals surface area contributed by atoms with Crippen LogP contribution in [0.4, 0.5) is 0 Å². The molecule has 25 nitrogen and oxygen atoms in total. The first-order valence-electron chi connectivity index (χ1n) is 45.5. The predicted octanol–water partition coefficient (Wildman–Crippen LogP) is 16.0. The van der Waals surface area contributed by atoms with Gasteiger partial charge in [-0.25, -0.2) is 4.57 Å². The number of aliphatic hydroxyl groups excluding tert-OH is 9. The number of unbranched alkanes of at least 4 members (excludes halogenated alkanes) is 40. The van der Waals surface area contributed by atoms with Gasteiger partial charge < -0.3 is 88.7 Å². The Morgan fingerprint density at radius 3 is 1.14 bits per heavy atom. The van der Waals surface area contributed by atoms with Crippen LogP contribution in [-0.4, -0.2) is 205 Å². The van der Waals surface area contributed by atoms with Gasteiger partial charge in [0.1, 0.15) is 92.6 Å². The van der Waals surface area contributed by atoms with Crippen LogP contribution in [0.2, 0.25) is 0 Å². The van der Waals surface area contributed by atoms with E-state index in [1.807, 2.05) is 0 Å². The van der Waals surface area contributed by atoms with Crippen molar-refractivity contribution in [1.29, 1.82) is 0 Å². The molecule has 2 heterocycles. The summed E-state index contributed by atoms with van der Waals surface area (Å²) < 4.78 is 73.3. The van der Waals surface area contributed by atoms with Gasteiger partial charge in [-0.3, -0.25) is 28.2 Å². The Morgan fingerprint density at radius 1 is 0.368 bits per heavy atom. The van der Waals surface area contributed by atoms with E-state index >= 15 is 0 Å². The quantitative estimate of drug-likeness (QED) is 0.00889. The van der Waals surface area contributed by atoms with Crippen molar-refractivity contribution in [2.24, 2.45) is 5.92 Å². The lowest BCUT2D eigenvalue weighted by Gasteiger charge is -2.50. The van der Waals surface area contributed by atoms with Crippen LogP contribution in [0.25, 0.3) is 0 Å². The molecular formula is C88H161O25P. The highest BCUT2D eigenvalue weighted by Crippen LogP contribution is 2.49. The average molecular weight is 1650 g/mol. The summed E-state index contributed by atoms with van der Waals surface area (Å²) in [5, 5.41) is 102. The van der Waals surface area contributed by atoms with Crippen LogP contribution in [0, 0.1) is 5.92 Å². The summed E-state index contributed by atoms with van der Waals surface area (Å²) in [6, 6.07) is 0. The Hall–Kier alpha value is -3.05. The molecule has 0 bridgehead atoms. The second-order valence-corrected chi connectivity index (χ2v) is 34.1. The fourth-order valence-electron chi connectivity index (χ4n) is 15.0. The molecule has 2 saturated heterocycles. The summed E-state index contributed by atoms with van der Waals surface area (Å²) in [5.74, 6) is -2.33. The molecule has 668 valence electrons. The zero-order chi connectivity index (χ0) is 83.4. The first-order chi connectivity index (χ1) is 55.1. The summed E-state index contributed by atoms with van der Waals surface area (Å²) in [7, 11) is -5.81. The third kappa shape index (κ3) is 47.2. The number of phosphoric acid groups is 1. The van der Waals surface area contributed by atoms with Crippen molar-refractivity contribution in [2.75, 3.05) is 26.4 Å². The maximum atomic E-state index is 14.9. The largest absolute Gasteiger partial charge is 0.472 e. The van der Waals surface area contributed by atoms with Crippen molar-refractivity contribution in [2.45, 2.75) is 479 Å². The summed E-state index contributed by atoms with van der Waals surface area (Å²) in [6.07, 6.45) is 23.5. The van der Waals surface area contributed by atoms with Gasteiger partial charge in [-0.2, -0.15) is 0 Å². The molecule has 2 aliphatic heterocycles. The van der Waals surface area contributed by atoms with E-state index in [9.17, 15) is 74.6 Å². The molecule has 3 aliphatic rings. The van der Waals surface area contributed by atoms with Crippen LogP contribution in [0.1, 0.15) is 375 Å². The Kier molecular flexibility index (Phi) is 61.5. The number of aliphatic hydroxyl groups is 9. The topological polar surface area (TPSA) is 380 Å². The summed E-state index contributed by atoms with van der Waals surface area (Å²) in [5.41, 5.74) is 0. The van der Waals surface area contributed by atoms with E-state index < -0.39 is 162 Å². The maximum absolute atomic E-state index is 14.9. The molecule has 1 saturated carbocycles. The van der Waals surface area contributed by atoms with E-state index in [1.165, 1.54) is 154 Å². The van der Waals surface area contributed by atoms with E-state index in [0.29, 0.717) is 44.4 Å². The van der Waals surface area contributed by atoms with Crippen LogP contribution in [0.15, 0.2) is 24.3 Å². The number of carbonyl (C=O) groups is 4. The average Bonchev–Trinajstić information content (AvgIpc) is 0.754. The molecule has 1 aliphatic carbocycles. The molecule has 114 heavy (non-hydrogen) atoms. The van der Waals surface area contributed by atoms with E-state index in [4.69, 9.17) is 46.9 Å². The number of hydrogen-bond donors (Lipinski definition) is 10. The summed E-state index contributed by atoms with van der Waals surface area (Å²) in [6.45, 7) is 7.86. The molecule has 0 aromatic heterocycles. The number of ether oxygens (including phenoxy) is 8. The maximum Gasteiger partial charge on any atom is 0.472 e. The smallest absolute Gasteiger partial charge is 0.463 e. The van der Waals surface area contributed by atoms with Gasteiger partial charge in [0.05, 0.1) is 13.2 Å². The summed E-state index contributed by atoms with van der Waals surface area (Å²) in [4.78, 5) is 66.3. The molecule has 0 spiro atoms. The number of esters is 4. The molecular weight excluding hydrogens is 1490 g/mol. The van der Waals surface area contributed by atoms with Gasteiger partial charge in [-0.15, -0.1) is 0 Å². The Balaban J connectivity index is 1.94. The third-order valence-corrected chi connectivity index (χ3v) is 23.3. The zero-order valence-corrected chi connectivity index (χ0v) is 71.9. The normalized spacial score (nSPS) is 25.7. The van der Waals surface area contributed by atoms with Crippen molar-refractivity contribution < 1.29 is 122 Å². The van der Waals surface area contributed by atoms with Gasteiger partial charge >= 0.3 is 31.7 Å².